The minimum Gasteiger partial charge on any atom is -0.400 e. The Morgan fingerprint density at radius 1 is 1.27 bits per heavy atom. The van der Waals surface area contributed by atoms with Gasteiger partial charge in [-0.1, -0.05) is 6.08 Å². The molecule has 0 aliphatic carbocycles. The first-order chi connectivity index (χ1) is 5.31. The van der Waals surface area contributed by atoms with Crippen LogP contribution in [0.25, 0.3) is 0 Å². The molecule has 1 fully saturated rings. The molecule has 0 unspecified atom stereocenters. The van der Waals surface area contributed by atoms with Crippen LogP contribution in [0, 0.1) is 0 Å². The van der Waals surface area contributed by atoms with Crippen LogP contribution in [0.5, 0.6) is 0 Å². The van der Waals surface area contributed by atoms with E-state index in [1.54, 1.807) is 6.08 Å². The molecule has 1 heterocycles. The lowest BCUT2D eigenvalue weighted by atomic mass is 10.4. The Balaban J connectivity index is 0. The van der Waals surface area contributed by atoms with Crippen LogP contribution in [0.15, 0.2) is 12.7 Å². The maximum absolute atomic E-state index is 7.00. The van der Waals surface area contributed by atoms with E-state index >= 15 is 0 Å². The maximum Gasteiger partial charge on any atom is 0.0319 e. The third kappa shape index (κ3) is 12.8. The van der Waals surface area contributed by atoms with Gasteiger partial charge in [0.25, 0.3) is 0 Å². The standard InChI is InChI=1S/C5H11N.C3H6.CH4O/c1-6-4-2-3-5-6;1-3-2;1-2/h2-5H2,1H3;3H,1H2,2H3;2H,1H3. The molecule has 2 nitrogen and oxygen atoms in total. The molecule has 2 heteroatoms. The summed E-state index contributed by atoms with van der Waals surface area (Å²) in [6.07, 6.45) is 4.58. The van der Waals surface area contributed by atoms with Crippen LogP contribution in [0.2, 0.25) is 0 Å². The van der Waals surface area contributed by atoms with Gasteiger partial charge in [0.2, 0.25) is 0 Å². The van der Waals surface area contributed by atoms with Gasteiger partial charge in [0, 0.05) is 7.11 Å². The number of allylic oxidation sites excluding steroid dienone is 1. The average Bonchev–Trinajstić information content (AvgIpc) is 2.46. The molecular weight excluding hydrogens is 138 g/mol. The highest BCUT2D eigenvalue weighted by Crippen LogP contribution is 2.01. The van der Waals surface area contributed by atoms with Crippen LogP contribution in [-0.4, -0.2) is 37.3 Å². The molecule has 0 aromatic carbocycles. The third-order valence-corrected chi connectivity index (χ3v) is 1.33. The van der Waals surface area contributed by atoms with Crippen molar-refractivity contribution in [3.05, 3.63) is 12.7 Å². The van der Waals surface area contributed by atoms with Gasteiger partial charge in [-0.25, -0.2) is 0 Å². The average molecular weight is 159 g/mol. The number of hydrogen-bond donors (Lipinski definition) is 1. The van der Waals surface area contributed by atoms with Gasteiger partial charge in [-0.2, -0.15) is 0 Å². The molecule has 1 saturated heterocycles. The molecule has 1 rings (SSSR count). The first kappa shape index (κ1) is 13.3. The minimum atomic E-state index is 1.00. The van der Waals surface area contributed by atoms with E-state index in [4.69, 9.17) is 5.11 Å². The smallest absolute Gasteiger partial charge is 0.0319 e. The molecule has 1 N–H and O–H groups in total. The summed E-state index contributed by atoms with van der Waals surface area (Å²) in [6.45, 7) is 7.89. The van der Waals surface area contributed by atoms with Crippen LogP contribution in [0.3, 0.4) is 0 Å². The second kappa shape index (κ2) is 12.3. The third-order valence-electron chi connectivity index (χ3n) is 1.33. The van der Waals surface area contributed by atoms with Crippen molar-refractivity contribution in [2.45, 2.75) is 19.8 Å². The van der Waals surface area contributed by atoms with Crippen molar-refractivity contribution in [1.29, 1.82) is 0 Å². The van der Waals surface area contributed by atoms with E-state index in [0.717, 1.165) is 7.11 Å². The number of aliphatic hydroxyl groups is 1. The zero-order valence-electron chi connectivity index (χ0n) is 8.01. The lowest BCUT2D eigenvalue weighted by Gasteiger charge is -2.01. The number of aliphatic hydroxyl groups excluding tert-OH is 1. The van der Waals surface area contributed by atoms with E-state index in [2.05, 4.69) is 18.5 Å². The SMILES string of the molecule is C=CC.CN1CCCC1.CO. The predicted molar refractivity (Wildman–Crippen MR) is 50.7 cm³/mol. The van der Waals surface area contributed by atoms with E-state index in [9.17, 15) is 0 Å². The van der Waals surface area contributed by atoms with Crippen molar-refractivity contribution in [2.75, 3.05) is 27.2 Å². The molecular formula is C9H21NO. The molecule has 0 saturated carbocycles. The van der Waals surface area contributed by atoms with Crippen molar-refractivity contribution in [3.63, 3.8) is 0 Å². The van der Waals surface area contributed by atoms with Crippen LogP contribution in [-0.2, 0) is 0 Å². The quantitative estimate of drug-likeness (QED) is 0.542. The first-order valence-electron chi connectivity index (χ1n) is 4.01. The molecule has 0 spiro atoms. The van der Waals surface area contributed by atoms with E-state index in [1.165, 1.54) is 25.9 Å². The molecule has 0 aromatic rings. The van der Waals surface area contributed by atoms with Crippen LogP contribution in [0.1, 0.15) is 19.8 Å². The van der Waals surface area contributed by atoms with Crippen molar-refractivity contribution < 1.29 is 5.11 Å². The van der Waals surface area contributed by atoms with Gasteiger partial charge in [0.05, 0.1) is 0 Å². The largest absolute Gasteiger partial charge is 0.400 e. The van der Waals surface area contributed by atoms with Gasteiger partial charge in [0.15, 0.2) is 0 Å². The monoisotopic (exact) mass is 159 g/mol. The maximum atomic E-state index is 7.00. The molecule has 0 atom stereocenters. The summed E-state index contributed by atoms with van der Waals surface area (Å²) in [5, 5.41) is 7.00. The van der Waals surface area contributed by atoms with Gasteiger partial charge in [0.1, 0.15) is 0 Å². The zero-order chi connectivity index (χ0) is 9.11. The highest BCUT2D eigenvalue weighted by molar-refractivity contribution is 4.59. The van der Waals surface area contributed by atoms with Gasteiger partial charge in [-0.3, -0.25) is 0 Å². The molecule has 0 amide bonds. The molecule has 0 radical (unpaired) electrons. The molecule has 0 aromatic heterocycles. The molecule has 0 bridgehead atoms. The summed E-state index contributed by atoms with van der Waals surface area (Å²) in [6, 6.07) is 0. The van der Waals surface area contributed by atoms with Gasteiger partial charge in [-0.05, 0) is 39.9 Å². The van der Waals surface area contributed by atoms with E-state index in [-0.39, 0.29) is 0 Å². The number of nitrogens with zero attached hydrogens (tertiary/aromatic N) is 1. The molecule has 1 aliphatic rings. The summed E-state index contributed by atoms with van der Waals surface area (Å²) in [5.41, 5.74) is 0. The fourth-order valence-corrected chi connectivity index (χ4v) is 0.875. The lowest BCUT2D eigenvalue weighted by molar-refractivity contribution is 0.399. The number of hydrogen-bond acceptors (Lipinski definition) is 2. The minimum absolute atomic E-state index is 1.00. The fourth-order valence-electron chi connectivity index (χ4n) is 0.875. The Labute approximate surface area is 70.5 Å². The Morgan fingerprint density at radius 3 is 1.64 bits per heavy atom. The Morgan fingerprint density at radius 2 is 1.55 bits per heavy atom. The highest BCUT2D eigenvalue weighted by Gasteiger charge is 2.03. The van der Waals surface area contributed by atoms with Crippen molar-refractivity contribution in [1.82, 2.24) is 4.90 Å². The van der Waals surface area contributed by atoms with Gasteiger partial charge < -0.3 is 10.0 Å². The molecule has 11 heavy (non-hydrogen) atoms. The summed E-state index contributed by atoms with van der Waals surface area (Å²) >= 11 is 0. The first-order valence-corrected chi connectivity index (χ1v) is 4.01. The zero-order valence-corrected chi connectivity index (χ0v) is 8.01. The van der Waals surface area contributed by atoms with Crippen molar-refractivity contribution >= 4 is 0 Å². The second-order valence-electron chi connectivity index (χ2n) is 2.42. The Hall–Kier alpha value is -0.340. The molecule has 68 valence electrons. The van der Waals surface area contributed by atoms with Crippen LogP contribution < -0.4 is 0 Å². The summed E-state index contributed by atoms with van der Waals surface area (Å²) in [7, 11) is 3.17. The lowest BCUT2D eigenvalue weighted by Crippen LogP contribution is -2.10. The van der Waals surface area contributed by atoms with E-state index in [1.807, 2.05) is 6.92 Å². The van der Waals surface area contributed by atoms with Crippen molar-refractivity contribution in [2.24, 2.45) is 0 Å². The Kier molecular flexibility index (Phi) is 14.9. The number of likely N-dealkylation sites (tertiary alicyclic amines) is 1. The molecule has 1 aliphatic heterocycles. The normalized spacial score (nSPS) is 15.6. The number of rotatable bonds is 0. The van der Waals surface area contributed by atoms with Crippen molar-refractivity contribution in [3.8, 4) is 0 Å². The topological polar surface area (TPSA) is 23.5 Å². The Bertz CT molecular complexity index is 68.0. The summed E-state index contributed by atoms with van der Waals surface area (Å²) < 4.78 is 0. The van der Waals surface area contributed by atoms with E-state index < -0.39 is 0 Å². The van der Waals surface area contributed by atoms with E-state index in [0.29, 0.717) is 0 Å². The second-order valence-corrected chi connectivity index (χ2v) is 2.42. The van der Waals surface area contributed by atoms with Crippen LogP contribution in [0.4, 0.5) is 0 Å². The fraction of sp³-hybridized carbons (Fsp3) is 0.778. The highest BCUT2D eigenvalue weighted by atomic mass is 16.2. The summed E-state index contributed by atoms with van der Waals surface area (Å²) in [4.78, 5) is 2.36. The van der Waals surface area contributed by atoms with Gasteiger partial charge >= 0.3 is 0 Å². The summed E-state index contributed by atoms with van der Waals surface area (Å²) in [5.74, 6) is 0. The van der Waals surface area contributed by atoms with Crippen LogP contribution >= 0.6 is 0 Å². The predicted octanol–water partition coefficient (Wildman–Crippen LogP) is 1.51. The van der Waals surface area contributed by atoms with Gasteiger partial charge in [-0.15, -0.1) is 6.58 Å².